The molecular formula is C36H25NO2SSi. The fraction of sp³-hybridized carbons (Fsp3) is 0. The van der Waals surface area contributed by atoms with Gasteiger partial charge in [0.2, 0.25) is 9.84 Å². The van der Waals surface area contributed by atoms with Crippen LogP contribution in [0, 0.1) is 0 Å². The zero-order chi connectivity index (χ0) is 27.6. The molecule has 0 bridgehead atoms. The van der Waals surface area contributed by atoms with Gasteiger partial charge in [0, 0.05) is 16.5 Å². The van der Waals surface area contributed by atoms with Crippen LogP contribution in [0.25, 0.3) is 27.5 Å². The van der Waals surface area contributed by atoms with E-state index in [9.17, 15) is 8.42 Å². The summed E-state index contributed by atoms with van der Waals surface area (Å²) in [7, 11) is -6.93. The average molecular weight is 564 g/mol. The highest BCUT2D eigenvalue weighted by molar-refractivity contribution is 7.92. The van der Waals surface area contributed by atoms with Gasteiger partial charge in [0.05, 0.1) is 20.8 Å². The highest BCUT2D eigenvalue weighted by atomic mass is 32.2. The molecule has 0 aliphatic carbocycles. The van der Waals surface area contributed by atoms with Gasteiger partial charge in [0.25, 0.3) is 0 Å². The molecule has 0 fully saturated rings. The third-order valence-corrected chi connectivity index (χ3v) is 15.6. The van der Waals surface area contributed by atoms with Crippen LogP contribution in [0.3, 0.4) is 0 Å². The number of aromatic nitrogens is 1. The molecule has 7 aromatic rings. The molecule has 8 rings (SSSR count). The third-order valence-electron chi connectivity index (χ3n) is 8.47. The van der Waals surface area contributed by atoms with Crippen molar-refractivity contribution in [2.45, 2.75) is 9.79 Å². The fourth-order valence-electron chi connectivity index (χ4n) is 6.87. The number of fused-ring (bicyclic) bond motifs is 6. The predicted molar refractivity (Wildman–Crippen MR) is 170 cm³/mol. The SMILES string of the molecule is O=S1(=O)c2ccccc2[Si](c2ccccc2)(c2ccccc2)c2ccc3c4ccccc4n(-c4ccccc4)c3c21. The number of para-hydroxylation sites is 2. The molecule has 0 radical (unpaired) electrons. The van der Waals surface area contributed by atoms with E-state index in [1.807, 2.05) is 72.8 Å². The topological polar surface area (TPSA) is 39.1 Å². The number of nitrogens with zero attached hydrogens (tertiary/aromatic N) is 1. The van der Waals surface area contributed by atoms with Crippen molar-refractivity contribution in [2.24, 2.45) is 0 Å². The van der Waals surface area contributed by atoms with Crippen molar-refractivity contribution >= 4 is 60.5 Å². The summed E-state index contributed by atoms with van der Waals surface area (Å²) in [6.45, 7) is 0. The van der Waals surface area contributed by atoms with E-state index in [-0.39, 0.29) is 0 Å². The van der Waals surface area contributed by atoms with Crippen molar-refractivity contribution < 1.29 is 8.42 Å². The van der Waals surface area contributed by atoms with Gasteiger partial charge in [-0.15, -0.1) is 0 Å². The van der Waals surface area contributed by atoms with Crippen LogP contribution >= 0.6 is 0 Å². The lowest BCUT2D eigenvalue weighted by Gasteiger charge is -2.40. The Hall–Kier alpha value is -4.71. The molecule has 0 saturated heterocycles. The third kappa shape index (κ3) is 3.21. The molecule has 2 heterocycles. The van der Waals surface area contributed by atoms with E-state index in [1.54, 1.807) is 6.07 Å². The molecule has 1 aliphatic rings. The molecule has 6 aromatic carbocycles. The first-order valence-corrected chi connectivity index (χ1v) is 17.2. The van der Waals surface area contributed by atoms with E-state index in [4.69, 9.17) is 0 Å². The molecule has 196 valence electrons. The molecule has 0 amide bonds. The van der Waals surface area contributed by atoms with Crippen LogP contribution in [-0.2, 0) is 9.84 Å². The second-order valence-corrected chi connectivity index (χ2v) is 16.1. The van der Waals surface area contributed by atoms with Gasteiger partial charge in [-0.25, -0.2) is 8.42 Å². The Balaban J connectivity index is 1.66. The normalized spacial score (nSPS) is 14.9. The van der Waals surface area contributed by atoms with E-state index in [0.29, 0.717) is 9.79 Å². The van der Waals surface area contributed by atoms with Gasteiger partial charge in [-0.2, -0.15) is 0 Å². The molecule has 3 nitrogen and oxygen atoms in total. The lowest BCUT2D eigenvalue weighted by molar-refractivity contribution is 0.597. The standard InChI is InChI=1S/C36H25NO2SSi/c38-40(39)32-22-12-13-23-33(32)41(27-16-6-2-7-17-27,28-18-8-3-9-19-28)34-25-24-30-29-20-10-11-21-31(29)37(35(30)36(34)40)26-14-4-1-5-15-26/h1-25H. The van der Waals surface area contributed by atoms with Gasteiger partial charge in [-0.05, 0) is 45.0 Å². The minimum atomic E-state index is -3.88. The Bertz CT molecular complexity index is 2170. The summed E-state index contributed by atoms with van der Waals surface area (Å²) < 4.78 is 32.0. The van der Waals surface area contributed by atoms with Crippen molar-refractivity contribution in [3.8, 4) is 5.69 Å². The zero-order valence-corrected chi connectivity index (χ0v) is 23.9. The summed E-state index contributed by atoms with van der Waals surface area (Å²) in [6.07, 6.45) is 0. The average Bonchev–Trinajstić information content (AvgIpc) is 3.37. The summed E-state index contributed by atoms with van der Waals surface area (Å²) in [4.78, 5) is 0.831. The van der Waals surface area contributed by atoms with E-state index >= 15 is 0 Å². The number of hydrogen-bond donors (Lipinski definition) is 0. The fourth-order valence-corrected chi connectivity index (χ4v) is 15.1. The van der Waals surface area contributed by atoms with E-state index < -0.39 is 17.9 Å². The number of hydrogen-bond acceptors (Lipinski definition) is 2. The first-order valence-electron chi connectivity index (χ1n) is 13.7. The molecule has 0 spiro atoms. The highest BCUT2D eigenvalue weighted by Gasteiger charge is 2.51. The molecule has 0 atom stereocenters. The van der Waals surface area contributed by atoms with Crippen LogP contribution in [0.15, 0.2) is 161 Å². The van der Waals surface area contributed by atoms with Gasteiger partial charge >= 0.3 is 0 Å². The highest BCUT2D eigenvalue weighted by Crippen LogP contribution is 2.39. The molecule has 0 N–H and O–H groups in total. The van der Waals surface area contributed by atoms with Crippen LogP contribution in [0.5, 0.6) is 0 Å². The molecule has 1 aliphatic heterocycles. The van der Waals surface area contributed by atoms with Gasteiger partial charge in [0.15, 0.2) is 8.07 Å². The second kappa shape index (κ2) is 8.90. The van der Waals surface area contributed by atoms with E-state index in [0.717, 1.165) is 48.2 Å². The quantitative estimate of drug-likeness (QED) is 0.274. The van der Waals surface area contributed by atoms with E-state index in [1.165, 1.54) is 0 Å². The van der Waals surface area contributed by atoms with Crippen LogP contribution in [0.2, 0.25) is 0 Å². The van der Waals surface area contributed by atoms with Crippen LogP contribution in [-0.4, -0.2) is 21.1 Å². The largest absolute Gasteiger partial charge is 0.308 e. The second-order valence-electron chi connectivity index (χ2n) is 10.5. The zero-order valence-electron chi connectivity index (χ0n) is 22.1. The maximum absolute atomic E-state index is 14.9. The summed E-state index contributed by atoms with van der Waals surface area (Å²) in [5.41, 5.74) is 2.67. The minimum Gasteiger partial charge on any atom is -0.308 e. The monoisotopic (exact) mass is 563 g/mol. The summed E-state index contributed by atoms with van der Waals surface area (Å²) >= 11 is 0. The summed E-state index contributed by atoms with van der Waals surface area (Å²) in [6, 6.07) is 51.3. The molecule has 1 aromatic heterocycles. The number of sulfone groups is 1. The Morgan fingerprint density at radius 2 is 1.05 bits per heavy atom. The Kier molecular flexibility index (Phi) is 5.23. The van der Waals surface area contributed by atoms with Gasteiger partial charge < -0.3 is 4.57 Å². The van der Waals surface area contributed by atoms with Gasteiger partial charge in [0.1, 0.15) is 0 Å². The van der Waals surface area contributed by atoms with E-state index in [2.05, 4.69) is 77.4 Å². The number of rotatable bonds is 3. The molecule has 0 unspecified atom stereocenters. The van der Waals surface area contributed by atoms with Gasteiger partial charge in [-0.3, -0.25) is 0 Å². The van der Waals surface area contributed by atoms with Crippen molar-refractivity contribution in [3.63, 3.8) is 0 Å². The molecule has 41 heavy (non-hydrogen) atoms. The Morgan fingerprint density at radius 1 is 0.488 bits per heavy atom. The Morgan fingerprint density at radius 3 is 1.73 bits per heavy atom. The molecular weight excluding hydrogens is 539 g/mol. The first kappa shape index (κ1) is 24.1. The predicted octanol–water partition coefficient (Wildman–Crippen LogP) is 5.31. The minimum absolute atomic E-state index is 0.407. The number of benzene rings is 6. The van der Waals surface area contributed by atoms with Crippen molar-refractivity contribution in [2.75, 3.05) is 0 Å². The summed E-state index contributed by atoms with van der Waals surface area (Å²) in [5, 5.41) is 6.12. The van der Waals surface area contributed by atoms with Crippen LogP contribution in [0.1, 0.15) is 0 Å². The molecule has 5 heteroatoms. The van der Waals surface area contributed by atoms with Crippen molar-refractivity contribution in [1.29, 1.82) is 0 Å². The summed E-state index contributed by atoms with van der Waals surface area (Å²) in [5.74, 6) is 0. The lowest BCUT2D eigenvalue weighted by Crippen LogP contribution is -2.77. The van der Waals surface area contributed by atoms with Crippen molar-refractivity contribution in [1.82, 2.24) is 4.57 Å². The van der Waals surface area contributed by atoms with Crippen LogP contribution < -0.4 is 20.7 Å². The van der Waals surface area contributed by atoms with Gasteiger partial charge in [-0.1, -0.05) is 127 Å². The van der Waals surface area contributed by atoms with Crippen LogP contribution in [0.4, 0.5) is 0 Å². The smallest absolute Gasteiger partial charge is 0.208 e. The Labute approximate surface area is 239 Å². The first-order chi connectivity index (χ1) is 20.1. The lowest BCUT2D eigenvalue weighted by atomic mass is 10.1. The maximum atomic E-state index is 14.9. The maximum Gasteiger partial charge on any atom is 0.208 e. The molecule has 0 saturated carbocycles. The van der Waals surface area contributed by atoms with Crippen molar-refractivity contribution in [3.05, 3.63) is 152 Å².